The van der Waals surface area contributed by atoms with Gasteiger partial charge in [0.2, 0.25) is 0 Å². The van der Waals surface area contributed by atoms with Gasteiger partial charge in [-0.1, -0.05) is 42.3 Å². The summed E-state index contributed by atoms with van der Waals surface area (Å²) in [5.74, 6) is 0.594. The number of primary amides is 1. The first-order valence-electron chi connectivity index (χ1n) is 11.5. The van der Waals surface area contributed by atoms with Gasteiger partial charge in [-0.2, -0.15) is 4.57 Å². The van der Waals surface area contributed by atoms with Crippen LogP contribution in [0.1, 0.15) is 37.3 Å². The van der Waals surface area contributed by atoms with Gasteiger partial charge in [-0.25, -0.2) is 9.59 Å². The number of benzene rings is 2. The summed E-state index contributed by atoms with van der Waals surface area (Å²) >= 11 is 0. The maximum absolute atomic E-state index is 13.0. The van der Waals surface area contributed by atoms with E-state index in [0.717, 1.165) is 0 Å². The first-order chi connectivity index (χ1) is 18.0. The van der Waals surface area contributed by atoms with E-state index in [4.69, 9.17) is 31.1 Å². The quantitative estimate of drug-likeness (QED) is 0.271. The van der Waals surface area contributed by atoms with Crippen molar-refractivity contribution in [1.82, 2.24) is 0 Å². The van der Waals surface area contributed by atoms with E-state index in [-0.39, 0.29) is 18.8 Å². The van der Waals surface area contributed by atoms with Gasteiger partial charge in [-0.3, -0.25) is 4.79 Å². The predicted octanol–water partition coefficient (Wildman–Crippen LogP) is 2.07. The Kier molecular flexibility index (Phi) is 8.26. The van der Waals surface area contributed by atoms with Crippen molar-refractivity contribution < 1.29 is 37.9 Å². The summed E-state index contributed by atoms with van der Waals surface area (Å²) in [7, 11) is 0. The summed E-state index contributed by atoms with van der Waals surface area (Å²) < 4.78 is 25.0. The van der Waals surface area contributed by atoms with Crippen LogP contribution in [0.5, 0.6) is 0 Å². The van der Waals surface area contributed by atoms with E-state index in [1.807, 2.05) is 0 Å². The highest BCUT2D eigenvalue weighted by molar-refractivity contribution is 5.92. The molecular weight excluding hydrogens is 476 g/mol. The third kappa shape index (κ3) is 6.19. The first-order valence-corrected chi connectivity index (χ1v) is 11.5. The SMILES string of the molecule is C#CCO[C@@H]1[C@H](OC(=O)c2ccccc2)[C@@H](COC(=O)c2ccccc2)O[C@H]1[n+]1cccc(C(N)=O)c1. The summed E-state index contributed by atoms with van der Waals surface area (Å²) in [6, 6.07) is 20.1. The summed E-state index contributed by atoms with van der Waals surface area (Å²) in [5.41, 5.74) is 6.36. The lowest BCUT2D eigenvalue weighted by Gasteiger charge is -2.22. The van der Waals surface area contributed by atoms with Crippen molar-refractivity contribution in [2.45, 2.75) is 24.5 Å². The van der Waals surface area contributed by atoms with Gasteiger partial charge in [-0.05, 0) is 30.3 Å². The highest BCUT2D eigenvalue weighted by Crippen LogP contribution is 2.32. The lowest BCUT2D eigenvalue weighted by molar-refractivity contribution is -0.766. The van der Waals surface area contributed by atoms with Gasteiger partial charge in [0.05, 0.1) is 11.1 Å². The second kappa shape index (κ2) is 11.9. The second-order valence-electron chi connectivity index (χ2n) is 8.15. The molecule has 2 aromatic carbocycles. The number of aromatic nitrogens is 1. The lowest BCUT2D eigenvalue weighted by atomic mass is 10.1. The maximum atomic E-state index is 13.0. The molecule has 0 saturated carbocycles. The fraction of sp³-hybridized carbons (Fsp3) is 0.214. The van der Waals surface area contributed by atoms with Gasteiger partial charge in [0.15, 0.2) is 24.6 Å². The fourth-order valence-corrected chi connectivity index (χ4v) is 3.92. The van der Waals surface area contributed by atoms with Crippen molar-refractivity contribution in [2.75, 3.05) is 13.2 Å². The van der Waals surface area contributed by atoms with Crippen LogP contribution in [0.15, 0.2) is 85.2 Å². The van der Waals surface area contributed by atoms with Crippen molar-refractivity contribution in [2.24, 2.45) is 5.73 Å². The van der Waals surface area contributed by atoms with Gasteiger partial charge in [-0.15, -0.1) is 6.42 Å². The molecule has 9 nitrogen and oxygen atoms in total. The number of esters is 2. The molecular formula is C28H25N2O7+. The number of hydrogen-bond donors (Lipinski definition) is 1. The van der Waals surface area contributed by atoms with Crippen LogP contribution in [0.3, 0.4) is 0 Å². The van der Waals surface area contributed by atoms with Crippen molar-refractivity contribution in [1.29, 1.82) is 0 Å². The van der Waals surface area contributed by atoms with Crippen LogP contribution in [0.4, 0.5) is 0 Å². The average molecular weight is 502 g/mol. The molecule has 1 fully saturated rings. The predicted molar refractivity (Wildman–Crippen MR) is 130 cm³/mol. The molecule has 0 spiro atoms. The van der Waals surface area contributed by atoms with E-state index >= 15 is 0 Å². The molecule has 0 radical (unpaired) electrons. The Labute approximate surface area is 213 Å². The highest BCUT2D eigenvalue weighted by atomic mass is 16.6. The van der Waals surface area contributed by atoms with Crippen LogP contribution in [0.2, 0.25) is 0 Å². The summed E-state index contributed by atoms with van der Waals surface area (Å²) in [5, 5.41) is 0. The average Bonchev–Trinajstić information content (AvgIpc) is 3.28. The van der Waals surface area contributed by atoms with E-state index in [1.54, 1.807) is 83.6 Å². The number of carbonyl (C=O) groups excluding carboxylic acids is 3. The van der Waals surface area contributed by atoms with Crippen molar-refractivity contribution in [3.63, 3.8) is 0 Å². The number of rotatable bonds is 9. The standard InChI is InChI=1S/C28H24N2O7/c1-2-16-34-24-23(37-28(33)20-12-7-4-8-13-20)22(18-35-27(32)19-10-5-3-6-11-19)36-26(24)30-15-9-14-21(17-30)25(29)31/h1,3-15,17,22-24,26H,16,18H2,(H-,29,31)/p+1/t22-,23-,24-,26-/m1/s1. The number of nitrogens with two attached hydrogens (primary N) is 1. The molecule has 37 heavy (non-hydrogen) atoms. The van der Waals surface area contributed by atoms with Gasteiger partial charge >= 0.3 is 11.9 Å². The van der Waals surface area contributed by atoms with Crippen molar-refractivity contribution >= 4 is 17.8 Å². The Bertz CT molecular complexity index is 1290. The Morgan fingerprint density at radius 2 is 1.51 bits per heavy atom. The molecule has 1 saturated heterocycles. The zero-order valence-electron chi connectivity index (χ0n) is 19.8. The van der Waals surface area contributed by atoms with Crippen LogP contribution in [-0.2, 0) is 18.9 Å². The monoisotopic (exact) mass is 501 g/mol. The van der Waals surface area contributed by atoms with Crippen molar-refractivity contribution in [3.05, 3.63) is 102 Å². The van der Waals surface area contributed by atoms with E-state index in [1.165, 1.54) is 6.20 Å². The second-order valence-corrected chi connectivity index (χ2v) is 8.15. The van der Waals surface area contributed by atoms with E-state index in [9.17, 15) is 14.4 Å². The minimum absolute atomic E-state index is 0.101. The third-order valence-electron chi connectivity index (χ3n) is 5.69. The molecule has 1 aliphatic heterocycles. The Morgan fingerprint density at radius 1 is 0.892 bits per heavy atom. The topological polar surface area (TPSA) is 118 Å². The number of hydrogen-bond acceptors (Lipinski definition) is 7. The van der Waals surface area contributed by atoms with Crippen LogP contribution >= 0.6 is 0 Å². The third-order valence-corrected chi connectivity index (χ3v) is 5.69. The fourth-order valence-electron chi connectivity index (χ4n) is 3.92. The molecule has 1 aromatic heterocycles. The highest BCUT2D eigenvalue weighted by Gasteiger charge is 2.53. The van der Waals surface area contributed by atoms with Gasteiger partial charge in [0, 0.05) is 6.07 Å². The van der Waals surface area contributed by atoms with E-state index in [0.29, 0.717) is 11.1 Å². The summed E-state index contributed by atoms with van der Waals surface area (Å²) in [4.78, 5) is 37.3. The molecule has 1 amide bonds. The van der Waals surface area contributed by atoms with Gasteiger partial charge < -0.3 is 24.7 Å². The van der Waals surface area contributed by atoms with Crippen molar-refractivity contribution in [3.8, 4) is 12.3 Å². The van der Waals surface area contributed by atoms with Crippen LogP contribution in [-0.4, -0.2) is 49.4 Å². The molecule has 0 unspecified atom stereocenters. The summed E-state index contributed by atoms with van der Waals surface area (Å²) in [6.07, 6.45) is 4.90. The molecule has 188 valence electrons. The number of carbonyl (C=O) groups is 3. The number of pyridine rings is 1. The normalized spacial score (nSPS) is 20.5. The van der Waals surface area contributed by atoms with Gasteiger partial charge in [0.25, 0.3) is 12.1 Å². The molecule has 3 aromatic rings. The Morgan fingerprint density at radius 3 is 2.14 bits per heavy atom. The Hall–Kier alpha value is -4.52. The van der Waals surface area contributed by atoms with Crippen LogP contribution < -0.4 is 10.3 Å². The largest absolute Gasteiger partial charge is 0.459 e. The molecule has 2 N–H and O–H groups in total. The van der Waals surface area contributed by atoms with E-state index < -0.39 is 42.4 Å². The zero-order valence-corrected chi connectivity index (χ0v) is 19.8. The van der Waals surface area contributed by atoms with Crippen LogP contribution in [0, 0.1) is 12.3 Å². The Balaban J connectivity index is 1.63. The molecule has 0 aliphatic carbocycles. The van der Waals surface area contributed by atoms with Gasteiger partial charge in [0.1, 0.15) is 24.9 Å². The number of amides is 1. The molecule has 4 rings (SSSR count). The smallest absolute Gasteiger partial charge is 0.338 e. The minimum atomic E-state index is -1.00. The maximum Gasteiger partial charge on any atom is 0.338 e. The molecule has 0 bridgehead atoms. The number of terminal acetylenes is 1. The molecule has 9 heteroatoms. The molecule has 4 atom stereocenters. The molecule has 1 aliphatic rings. The first kappa shape index (κ1) is 25.6. The van der Waals surface area contributed by atoms with Crippen LogP contribution in [0.25, 0.3) is 0 Å². The summed E-state index contributed by atoms with van der Waals surface area (Å²) in [6.45, 7) is -0.334. The zero-order chi connectivity index (χ0) is 26.2. The van der Waals surface area contributed by atoms with E-state index in [2.05, 4.69) is 5.92 Å². The number of ether oxygens (including phenoxy) is 4. The molecule has 2 heterocycles. The number of nitrogens with zero attached hydrogens (tertiary/aromatic N) is 1. The minimum Gasteiger partial charge on any atom is -0.459 e. The lowest BCUT2D eigenvalue weighted by Crippen LogP contribution is -2.48.